The van der Waals surface area contributed by atoms with Crippen LogP contribution in [0.25, 0.3) is 0 Å². The number of nitrogens with one attached hydrogen (secondary N) is 2. The highest BCUT2D eigenvalue weighted by molar-refractivity contribution is 5.97. The van der Waals surface area contributed by atoms with Crippen molar-refractivity contribution >= 4 is 17.5 Å². The van der Waals surface area contributed by atoms with E-state index in [2.05, 4.69) is 15.5 Å². The molecule has 2 amide bonds. The lowest BCUT2D eigenvalue weighted by molar-refractivity contribution is -0.128. The molecule has 1 aliphatic rings. The van der Waals surface area contributed by atoms with E-state index in [1.165, 1.54) is 5.56 Å². The molecule has 0 aliphatic carbocycles. The summed E-state index contributed by atoms with van der Waals surface area (Å²) in [6.07, 6.45) is 0.258. The van der Waals surface area contributed by atoms with E-state index in [9.17, 15) is 9.59 Å². The van der Waals surface area contributed by atoms with Crippen molar-refractivity contribution in [3.05, 3.63) is 46.8 Å². The fourth-order valence-corrected chi connectivity index (χ4v) is 2.97. The Hall–Kier alpha value is -2.63. The molecule has 126 valence electrons. The number of H-pyrrole nitrogens is 1. The van der Waals surface area contributed by atoms with Gasteiger partial charge in [0.25, 0.3) is 0 Å². The van der Waals surface area contributed by atoms with E-state index in [0.29, 0.717) is 18.8 Å². The van der Waals surface area contributed by atoms with Gasteiger partial charge in [-0.25, -0.2) is 0 Å². The summed E-state index contributed by atoms with van der Waals surface area (Å²) in [6, 6.07) is 8.11. The number of anilines is 1. The smallest absolute Gasteiger partial charge is 0.229 e. The summed E-state index contributed by atoms with van der Waals surface area (Å²) in [4.78, 5) is 26.5. The second-order valence-electron chi connectivity index (χ2n) is 6.46. The molecule has 1 unspecified atom stereocenters. The predicted octanol–water partition coefficient (Wildman–Crippen LogP) is 2.32. The van der Waals surface area contributed by atoms with Gasteiger partial charge in [0.15, 0.2) is 0 Å². The van der Waals surface area contributed by atoms with Crippen molar-refractivity contribution in [1.82, 2.24) is 15.1 Å². The Balaban J connectivity index is 1.63. The number of aromatic nitrogens is 2. The number of amides is 2. The number of likely N-dealkylation sites (tertiary alicyclic amines) is 1. The molecule has 2 heterocycles. The average Bonchev–Trinajstić information content (AvgIpc) is 3.07. The van der Waals surface area contributed by atoms with Gasteiger partial charge in [-0.1, -0.05) is 29.8 Å². The summed E-state index contributed by atoms with van der Waals surface area (Å²) in [5.41, 5.74) is 4.55. The van der Waals surface area contributed by atoms with Crippen molar-refractivity contribution in [2.45, 2.75) is 33.7 Å². The molecule has 1 fully saturated rings. The third kappa shape index (κ3) is 3.32. The molecule has 24 heavy (non-hydrogen) atoms. The third-order valence-electron chi connectivity index (χ3n) is 4.46. The molecule has 0 spiro atoms. The largest absolute Gasteiger partial charge is 0.338 e. The Labute approximate surface area is 141 Å². The van der Waals surface area contributed by atoms with Gasteiger partial charge >= 0.3 is 0 Å². The fraction of sp³-hybridized carbons (Fsp3) is 0.389. The summed E-state index contributed by atoms with van der Waals surface area (Å²) < 4.78 is 0. The molecule has 6 nitrogen and oxygen atoms in total. The van der Waals surface area contributed by atoms with Crippen LogP contribution in [0.5, 0.6) is 0 Å². The summed E-state index contributed by atoms with van der Waals surface area (Å²) >= 11 is 0. The highest BCUT2D eigenvalue weighted by Gasteiger charge is 2.34. The van der Waals surface area contributed by atoms with Gasteiger partial charge in [0.05, 0.1) is 23.0 Å². The molecule has 6 heteroatoms. The first-order valence-electron chi connectivity index (χ1n) is 8.10. The predicted molar refractivity (Wildman–Crippen MR) is 91.4 cm³/mol. The van der Waals surface area contributed by atoms with Crippen LogP contribution in [0.15, 0.2) is 24.3 Å². The number of carbonyl (C=O) groups is 2. The van der Waals surface area contributed by atoms with Crippen molar-refractivity contribution in [1.29, 1.82) is 0 Å². The van der Waals surface area contributed by atoms with Crippen LogP contribution < -0.4 is 5.32 Å². The standard InChI is InChI=1S/C18H22N4O2/c1-11-4-6-14(7-5-11)9-22-10-15(8-16(22)23)18(24)19-17-12(2)20-21-13(17)3/h4-7,15H,8-10H2,1-3H3,(H,19,24)(H,20,21). The van der Waals surface area contributed by atoms with Crippen molar-refractivity contribution < 1.29 is 9.59 Å². The number of rotatable bonds is 4. The number of benzene rings is 1. The minimum atomic E-state index is -0.323. The Bertz CT molecular complexity index is 744. The lowest BCUT2D eigenvalue weighted by Gasteiger charge is -2.17. The molecule has 0 radical (unpaired) electrons. The number of hydrogen-bond donors (Lipinski definition) is 2. The van der Waals surface area contributed by atoms with Crippen molar-refractivity contribution in [3.63, 3.8) is 0 Å². The molecule has 0 saturated carbocycles. The first-order valence-corrected chi connectivity index (χ1v) is 8.10. The maximum Gasteiger partial charge on any atom is 0.229 e. The normalized spacial score (nSPS) is 17.4. The van der Waals surface area contributed by atoms with Crippen LogP contribution in [0.4, 0.5) is 5.69 Å². The van der Waals surface area contributed by atoms with Gasteiger partial charge in [0, 0.05) is 19.5 Å². The number of hydrogen-bond acceptors (Lipinski definition) is 3. The van der Waals surface area contributed by atoms with Gasteiger partial charge in [-0.3, -0.25) is 14.7 Å². The van der Waals surface area contributed by atoms with E-state index in [1.54, 1.807) is 4.90 Å². The quantitative estimate of drug-likeness (QED) is 0.905. The van der Waals surface area contributed by atoms with Crippen LogP contribution in [-0.2, 0) is 16.1 Å². The topological polar surface area (TPSA) is 78.1 Å². The van der Waals surface area contributed by atoms with Crippen molar-refractivity contribution in [3.8, 4) is 0 Å². The van der Waals surface area contributed by atoms with Gasteiger partial charge in [-0.2, -0.15) is 5.10 Å². The third-order valence-corrected chi connectivity index (χ3v) is 4.46. The van der Waals surface area contributed by atoms with Gasteiger partial charge in [-0.05, 0) is 26.3 Å². The molecule has 1 atom stereocenters. The first kappa shape index (κ1) is 16.2. The van der Waals surface area contributed by atoms with Crippen LogP contribution >= 0.6 is 0 Å². The van der Waals surface area contributed by atoms with Gasteiger partial charge < -0.3 is 10.2 Å². The molecular weight excluding hydrogens is 304 g/mol. The lowest BCUT2D eigenvalue weighted by atomic mass is 10.1. The average molecular weight is 326 g/mol. The molecular formula is C18H22N4O2. The van der Waals surface area contributed by atoms with Crippen molar-refractivity contribution in [2.24, 2.45) is 5.92 Å². The summed E-state index contributed by atoms with van der Waals surface area (Å²) in [6.45, 7) is 6.73. The Kier molecular flexibility index (Phi) is 4.38. The maximum absolute atomic E-state index is 12.5. The van der Waals surface area contributed by atoms with Crippen LogP contribution in [0.1, 0.15) is 28.9 Å². The summed E-state index contributed by atoms with van der Waals surface area (Å²) in [5, 5.41) is 9.82. The minimum absolute atomic E-state index is 0.0244. The number of nitrogens with zero attached hydrogens (tertiary/aromatic N) is 2. The molecule has 1 aromatic carbocycles. The maximum atomic E-state index is 12.5. The molecule has 1 aromatic heterocycles. The minimum Gasteiger partial charge on any atom is -0.338 e. The summed E-state index contributed by atoms with van der Waals surface area (Å²) in [5.74, 6) is -0.421. The highest BCUT2D eigenvalue weighted by atomic mass is 16.2. The summed E-state index contributed by atoms with van der Waals surface area (Å²) in [7, 11) is 0. The van der Waals surface area contributed by atoms with E-state index < -0.39 is 0 Å². The highest BCUT2D eigenvalue weighted by Crippen LogP contribution is 2.23. The lowest BCUT2D eigenvalue weighted by Crippen LogP contribution is -2.28. The van der Waals surface area contributed by atoms with E-state index in [0.717, 1.165) is 17.0 Å². The molecule has 2 N–H and O–H groups in total. The number of aromatic amines is 1. The zero-order valence-corrected chi connectivity index (χ0v) is 14.2. The Morgan fingerprint density at radius 2 is 2.00 bits per heavy atom. The Morgan fingerprint density at radius 3 is 2.62 bits per heavy atom. The molecule has 3 rings (SSSR count). The SMILES string of the molecule is Cc1ccc(CN2CC(C(=O)Nc3c(C)n[nH]c3C)CC2=O)cc1. The monoisotopic (exact) mass is 326 g/mol. The second kappa shape index (κ2) is 6.47. The first-order chi connectivity index (χ1) is 11.4. The Morgan fingerprint density at radius 1 is 1.29 bits per heavy atom. The van der Waals surface area contributed by atoms with E-state index in [1.807, 2.05) is 45.0 Å². The van der Waals surface area contributed by atoms with Crippen LogP contribution in [-0.4, -0.2) is 33.5 Å². The molecule has 2 aromatic rings. The zero-order valence-electron chi connectivity index (χ0n) is 14.2. The van der Waals surface area contributed by atoms with Crippen LogP contribution in [0.2, 0.25) is 0 Å². The van der Waals surface area contributed by atoms with Gasteiger partial charge in [-0.15, -0.1) is 0 Å². The second-order valence-corrected chi connectivity index (χ2v) is 6.46. The molecule has 1 aliphatic heterocycles. The van der Waals surface area contributed by atoms with E-state index in [4.69, 9.17) is 0 Å². The van der Waals surface area contributed by atoms with E-state index in [-0.39, 0.29) is 24.2 Å². The van der Waals surface area contributed by atoms with Gasteiger partial charge in [0.2, 0.25) is 11.8 Å². The molecule has 1 saturated heterocycles. The van der Waals surface area contributed by atoms with Gasteiger partial charge in [0.1, 0.15) is 0 Å². The van der Waals surface area contributed by atoms with Crippen LogP contribution in [0.3, 0.4) is 0 Å². The molecule has 0 bridgehead atoms. The van der Waals surface area contributed by atoms with Crippen LogP contribution in [0, 0.1) is 26.7 Å². The zero-order chi connectivity index (χ0) is 17.3. The number of carbonyl (C=O) groups excluding carboxylic acids is 2. The van der Waals surface area contributed by atoms with Crippen molar-refractivity contribution in [2.75, 3.05) is 11.9 Å². The van der Waals surface area contributed by atoms with E-state index >= 15 is 0 Å². The number of aryl methyl sites for hydroxylation is 3. The fourth-order valence-electron chi connectivity index (χ4n) is 2.97.